The van der Waals surface area contributed by atoms with Crippen LogP contribution in [0.3, 0.4) is 0 Å². The van der Waals surface area contributed by atoms with Crippen molar-refractivity contribution >= 4 is 31.1 Å². The zero-order valence-corrected chi connectivity index (χ0v) is 21.5. The predicted molar refractivity (Wildman–Crippen MR) is 141 cm³/mol. The summed E-state index contributed by atoms with van der Waals surface area (Å²) in [5.74, 6) is -2.09. The number of rotatable bonds is 9. The molecule has 3 aromatic carbocycles. The summed E-state index contributed by atoms with van der Waals surface area (Å²) < 4.78 is 17.6. The fourth-order valence-corrected chi connectivity index (χ4v) is 5.22. The molecule has 0 radical (unpaired) electrons. The maximum absolute atomic E-state index is 13.6. The SMILES string of the molecule is O=C(CN1C(=O)[C@@H](NC(=O)C(Cc2ccccc2)P(=O)(O)O)CCc2ccccc21)OCc1ccccc1. The number of carbonyl (C=O) groups is 3. The van der Waals surface area contributed by atoms with E-state index < -0.39 is 37.1 Å². The van der Waals surface area contributed by atoms with Crippen molar-refractivity contribution in [3.05, 3.63) is 102 Å². The molecule has 2 amide bonds. The number of amides is 2. The van der Waals surface area contributed by atoms with Crippen LogP contribution in [0.15, 0.2) is 84.9 Å². The van der Waals surface area contributed by atoms with Gasteiger partial charge < -0.3 is 19.8 Å². The molecule has 4 rings (SSSR count). The van der Waals surface area contributed by atoms with Crippen molar-refractivity contribution in [2.45, 2.75) is 37.6 Å². The molecule has 0 spiro atoms. The number of ether oxygens (including phenoxy) is 1. The van der Waals surface area contributed by atoms with Crippen molar-refractivity contribution in [1.29, 1.82) is 0 Å². The molecular weight excluding hydrogens is 507 g/mol. The smallest absolute Gasteiger partial charge is 0.338 e. The molecular formula is C28H29N2O7P. The quantitative estimate of drug-likeness (QED) is 0.283. The summed E-state index contributed by atoms with van der Waals surface area (Å²) in [5, 5.41) is 2.56. The molecule has 1 unspecified atom stereocenters. The molecule has 9 nitrogen and oxygen atoms in total. The number of benzene rings is 3. The molecule has 10 heteroatoms. The highest BCUT2D eigenvalue weighted by atomic mass is 31.2. The van der Waals surface area contributed by atoms with Crippen molar-refractivity contribution in [3.63, 3.8) is 0 Å². The summed E-state index contributed by atoms with van der Waals surface area (Å²) in [7, 11) is -4.84. The number of nitrogens with one attached hydrogen (secondary N) is 1. The lowest BCUT2D eigenvalue weighted by Gasteiger charge is -2.27. The summed E-state index contributed by atoms with van der Waals surface area (Å²) in [6, 6.07) is 23.7. The molecule has 0 bridgehead atoms. The Hall–Kier alpha value is -3.78. The van der Waals surface area contributed by atoms with Gasteiger partial charge in [0.1, 0.15) is 24.9 Å². The van der Waals surface area contributed by atoms with E-state index in [0.29, 0.717) is 17.7 Å². The molecule has 0 saturated carbocycles. The average molecular weight is 537 g/mol. The lowest BCUT2D eigenvalue weighted by atomic mass is 10.1. The maximum atomic E-state index is 13.6. The minimum absolute atomic E-state index is 0.0486. The van der Waals surface area contributed by atoms with E-state index in [1.807, 2.05) is 42.5 Å². The molecule has 198 valence electrons. The number of aryl methyl sites for hydroxylation is 1. The second-order valence-corrected chi connectivity index (χ2v) is 10.9. The van der Waals surface area contributed by atoms with E-state index in [9.17, 15) is 28.7 Å². The van der Waals surface area contributed by atoms with Gasteiger partial charge in [0.2, 0.25) is 11.8 Å². The number of esters is 1. The van der Waals surface area contributed by atoms with Crippen LogP contribution in [0.25, 0.3) is 0 Å². The first kappa shape index (κ1) is 27.3. The molecule has 2 atom stereocenters. The Morgan fingerprint density at radius 2 is 1.55 bits per heavy atom. The van der Waals surface area contributed by atoms with E-state index in [2.05, 4.69) is 5.32 Å². The van der Waals surface area contributed by atoms with Crippen LogP contribution < -0.4 is 10.2 Å². The van der Waals surface area contributed by atoms with Crippen LogP contribution in [0.2, 0.25) is 0 Å². The van der Waals surface area contributed by atoms with Crippen molar-refractivity contribution in [1.82, 2.24) is 5.32 Å². The van der Waals surface area contributed by atoms with E-state index >= 15 is 0 Å². The molecule has 1 aliphatic heterocycles. The first-order valence-electron chi connectivity index (χ1n) is 12.2. The topological polar surface area (TPSA) is 133 Å². The van der Waals surface area contributed by atoms with Crippen LogP contribution in [0, 0.1) is 0 Å². The zero-order valence-electron chi connectivity index (χ0n) is 20.6. The second kappa shape index (κ2) is 12.2. The van der Waals surface area contributed by atoms with Crippen molar-refractivity contribution in [2.24, 2.45) is 0 Å². The van der Waals surface area contributed by atoms with Crippen molar-refractivity contribution in [2.75, 3.05) is 11.4 Å². The summed E-state index contributed by atoms with van der Waals surface area (Å²) in [5.41, 5.74) is 1.06. The Morgan fingerprint density at radius 1 is 0.947 bits per heavy atom. The third-order valence-electron chi connectivity index (χ3n) is 6.38. The number of hydrogen-bond donors (Lipinski definition) is 3. The number of hydrogen-bond acceptors (Lipinski definition) is 5. The fraction of sp³-hybridized carbons (Fsp3) is 0.250. The standard InChI is InChI=1S/C28H29N2O7P/c31-26(37-19-21-11-5-2-6-12-21)18-30-24-14-8-7-13-22(24)15-16-23(28(30)33)29-27(32)25(38(34,35)36)17-20-9-3-1-4-10-20/h1-14,23,25H,15-19H2,(H,29,32)(H2,34,35,36)/t23-,25?/m0/s1. The number of nitrogens with zero attached hydrogens (tertiary/aromatic N) is 1. The first-order valence-corrected chi connectivity index (χ1v) is 13.9. The minimum Gasteiger partial charge on any atom is -0.459 e. The molecule has 0 aromatic heterocycles. The Labute approximate surface area is 220 Å². The van der Waals surface area contributed by atoms with Gasteiger partial charge in [-0.1, -0.05) is 78.9 Å². The Kier molecular flexibility index (Phi) is 8.73. The van der Waals surface area contributed by atoms with Gasteiger partial charge >= 0.3 is 13.6 Å². The summed E-state index contributed by atoms with van der Waals surface area (Å²) in [4.78, 5) is 60.5. The van der Waals surface area contributed by atoms with Gasteiger partial charge in [0.25, 0.3) is 0 Å². The molecule has 3 aromatic rings. The molecule has 3 N–H and O–H groups in total. The van der Waals surface area contributed by atoms with Gasteiger partial charge in [-0.25, -0.2) is 0 Å². The van der Waals surface area contributed by atoms with Gasteiger partial charge in [-0.05, 0) is 42.0 Å². The van der Waals surface area contributed by atoms with Crippen molar-refractivity contribution in [3.8, 4) is 0 Å². The van der Waals surface area contributed by atoms with Gasteiger partial charge in [0.05, 0.1) is 0 Å². The fourth-order valence-electron chi connectivity index (χ4n) is 4.40. The number of carbonyl (C=O) groups excluding carboxylic acids is 3. The molecule has 1 heterocycles. The largest absolute Gasteiger partial charge is 0.459 e. The monoisotopic (exact) mass is 536 g/mol. The molecule has 0 fully saturated rings. The first-order chi connectivity index (χ1) is 18.2. The van der Waals surface area contributed by atoms with E-state index in [1.165, 1.54) is 4.90 Å². The number of anilines is 1. The van der Waals surface area contributed by atoms with Gasteiger partial charge in [-0.3, -0.25) is 23.8 Å². The molecule has 1 aliphatic rings. The van der Waals surface area contributed by atoms with Gasteiger partial charge in [0.15, 0.2) is 0 Å². The Bertz CT molecular complexity index is 1330. The van der Waals surface area contributed by atoms with E-state index in [4.69, 9.17) is 4.74 Å². The third kappa shape index (κ3) is 6.95. The van der Waals surface area contributed by atoms with Crippen LogP contribution in [-0.4, -0.2) is 45.8 Å². The van der Waals surface area contributed by atoms with Crippen LogP contribution in [0.1, 0.15) is 23.1 Å². The number of para-hydroxylation sites is 1. The molecule has 0 aliphatic carbocycles. The Balaban J connectivity index is 1.51. The Morgan fingerprint density at radius 3 is 2.21 bits per heavy atom. The van der Waals surface area contributed by atoms with Gasteiger partial charge in [0, 0.05) is 5.69 Å². The molecule has 0 saturated heterocycles. The maximum Gasteiger partial charge on any atom is 0.338 e. The minimum atomic E-state index is -4.84. The third-order valence-corrected chi connectivity index (χ3v) is 7.60. The lowest BCUT2D eigenvalue weighted by molar-refractivity contribution is -0.144. The van der Waals surface area contributed by atoms with Crippen molar-refractivity contribution < 1.29 is 33.5 Å². The lowest BCUT2D eigenvalue weighted by Crippen LogP contribution is -2.52. The zero-order chi connectivity index (χ0) is 27.1. The molecule has 38 heavy (non-hydrogen) atoms. The predicted octanol–water partition coefficient (Wildman–Crippen LogP) is 2.98. The second-order valence-electron chi connectivity index (χ2n) is 9.09. The number of fused-ring (bicyclic) bond motifs is 1. The van der Waals surface area contributed by atoms with Crippen LogP contribution in [-0.2, 0) is 43.1 Å². The highest BCUT2D eigenvalue weighted by molar-refractivity contribution is 7.53. The van der Waals surface area contributed by atoms with Gasteiger partial charge in [-0.2, -0.15) is 0 Å². The van der Waals surface area contributed by atoms with E-state index in [-0.39, 0.29) is 26.0 Å². The summed E-state index contributed by atoms with van der Waals surface area (Å²) in [6.07, 6.45) is 0.436. The highest BCUT2D eigenvalue weighted by Gasteiger charge is 2.39. The summed E-state index contributed by atoms with van der Waals surface area (Å²) in [6.45, 7) is -0.325. The van der Waals surface area contributed by atoms with Crippen LogP contribution in [0.4, 0.5) is 5.69 Å². The van der Waals surface area contributed by atoms with Gasteiger partial charge in [-0.15, -0.1) is 0 Å². The highest BCUT2D eigenvalue weighted by Crippen LogP contribution is 2.43. The summed E-state index contributed by atoms with van der Waals surface area (Å²) >= 11 is 0. The normalized spacial score (nSPS) is 16.2. The van der Waals surface area contributed by atoms with E-state index in [0.717, 1.165) is 11.1 Å². The average Bonchev–Trinajstić information content (AvgIpc) is 3.03. The van der Waals surface area contributed by atoms with Crippen LogP contribution in [0.5, 0.6) is 0 Å². The van der Waals surface area contributed by atoms with E-state index in [1.54, 1.807) is 42.5 Å². The van der Waals surface area contributed by atoms with Crippen LogP contribution >= 0.6 is 7.60 Å².